The Labute approximate surface area is 144 Å². The van der Waals surface area contributed by atoms with Crippen molar-refractivity contribution >= 4 is 12.3 Å². The Kier molecular flexibility index (Phi) is 7.13. The number of aliphatic carboxylic acids is 1. The first kappa shape index (κ1) is 20.8. The number of nitrogens with one attached hydrogen (secondary N) is 1. The summed E-state index contributed by atoms with van der Waals surface area (Å²) >= 11 is 0. The van der Waals surface area contributed by atoms with Crippen molar-refractivity contribution in [2.24, 2.45) is 22.5 Å². The molecule has 4 N–H and O–H groups in total. The first-order valence-corrected chi connectivity index (χ1v) is 8.43. The number of carboxylic acid groups (broad SMARTS) is 1. The number of hydrogen-bond acceptors (Lipinski definition) is 5. The van der Waals surface area contributed by atoms with Crippen molar-refractivity contribution in [1.29, 1.82) is 0 Å². The largest absolute Gasteiger partial charge is 0.481 e. The maximum atomic E-state index is 11.0. The normalized spacial score (nSPS) is 23.9. The quantitative estimate of drug-likeness (QED) is 0.337. The second-order valence-electron chi connectivity index (χ2n) is 8.08. The zero-order valence-electron chi connectivity index (χ0n) is 15.4. The number of carboxylic acids is 1. The van der Waals surface area contributed by atoms with Crippen molar-refractivity contribution in [3.8, 4) is 0 Å². The molecule has 1 saturated carbocycles. The van der Waals surface area contributed by atoms with Crippen LogP contribution < -0.4 is 11.1 Å². The number of nitrogens with two attached hydrogens (primary N) is 1. The molecule has 0 amide bonds. The van der Waals surface area contributed by atoms with Crippen molar-refractivity contribution in [2.45, 2.75) is 65.3 Å². The van der Waals surface area contributed by atoms with Gasteiger partial charge >= 0.3 is 5.97 Å². The molecule has 3 atom stereocenters. The van der Waals surface area contributed by atoms with E-state index in [9.17, 15) is 9.59 Å². The minimum atomic E-state index is -1.05. The van der Waals surface area contributed by atoms with Crippen molar-refractivity contribution in [1.82, 2.24) is 5.32 Å². The lowest BCUT2D eigenvalue weighted by Gasteiger charge is -2.33. The Bertz CT molecular complexity index is 458. The molecule has 0 spiro atoms. The zero-order chi connectivity index (χ0) is 18.5. The lowest BCUT2D eigenvalue weighted by atomic mass is 9.72. The van der Waals surface area contributed by atoms with Crippen molar-refractivity contribution in [3.05, 3.63) is 12.2 Å². The fourth-order valence-corrected chi connectivity index (χ4v) is 3.76. The molecular weight excluding hydrogens is 308 g/mol. The molecule has 1 aliphatic carbocycles. The Morgan fingerprint density at radius 3 is 2.29 bits per heavy atom. The molecular formula is C18H32N2O4. The third kappa shape index (κ3) is 5.40. The van der Waals surface area contributed by atoms with Crippen LogP contribution in [0.2, 0.25) is 0 Å². The van der Waals surface area contributed by atoms with Crippen LogP contribution in [0.3, 0.4) is 0 Å². The predicted molar refractivity (Wildman–Crippen MR) is 93.4 cm³/mol. The van der Waals surface area contributed by atoms with Gasteiger partial charge < -0.3 is 20.4 Å². The van der Waals surface area contributed by atoms with Crippen LogP contribution in [0.5, 0.6) is 0 Å². The molecule has 138 valence electrons. The highest BCUT2D eigenvalue weighted by molar-refractivity contribution is 5.73. The van der Waals surface area contributed by atoms with Gasteiger partial charge in [-0.2, -0.15) is 0 Å². The van der Waals surface area contributed by atoms with Gasteiger partial charge in [0.2, 0.25) is 0 Å². The third-order valence-electron chi connectivity index (χ3n) is 5.16. The molecule has 0 aromatic heterocycles. The van der Waals surface area contributed by atoms with E-state index in [-0.39, 0.29) is 17.3 Å². The summed E-state index contributed by atoms with van der Waals surface area (Å²) in [4.78, 5) is 21.8. The number of allylic oxidation sites excluding steroid dienone is 1. The van der Waals surface area contributed by atoms with Crippen molar-refractivity contribution < 1.29 is 19.4 Å². The van der Waals surface area contributed by atoms with E-state index >= 15 is 0 Å². The van der Waals surface area contributed by atoms with Crippen LogP contribution in [0.25, 0.3) is 0 Å². The van der Waals surface area contributed by atoms with Crippen LogP contribution in [0.4, 0.5) is 0 Å². The SMILES string of the molecule is COC(N[C@@H](C=O)CC(=O)O)C(N)C=CC1C(C)(C)CCC1(C)C. The van der Waals surface area contributed by atoms with E-state index in [2.05, 4.69) is 39.1 Å². The minimum Gasteiger partial charge on any atom is -0.481 e. The topological polar surface area (TPSA) is 102 Å². The number of carbonyl (C=O) groups excluding carboxylic acids is 1. The average molecular weight is 340 g/mol. The van der Waals surface area contributed by atoms with Crippen LogP contribution >= 0.6 is 0 Å². The molecule has 6 heteroatoms. The van der Waals surface area contributed by atoms with Crippen molar-refractivity contribution in [3.63, 3.8) is 0 Å². The highest BCUT2D eigenvalue weighted by Crippen LogP contribution is 2.54. The highest BCUT2D eigenvalue weighted by Gasteiger charge is 2.45. The number of methoxy groups -OCH3 is 1. The molecule has 0 saturated heterocycles. The number of ether oxygens (including phenoxy) is 1. The molecule has 1 fully saturated rings. The number of hydrogen-bond donors (Lipinski definition) is 3. The van der Waals surface area contributed by atoms with Gasteiger partial charge in [-0.05, 0) is 29.6 Å². The summed E-state index contributed by atoms with van der Waals surface area (Å²) in [6.45, 7) is 9.07. The van der Waals surface area contributed by atoms with Gasteiger partial charge in [0.25, 0.3) is 0 Å². The van der Waals surface area contributed by atoms with E-state index in [4.69, 9.17) is 15.6 Å². The summed E-state index contributed by atoms with van der Waals surface area (Å²) in [5.74, 6) is -0.650. The van der Waals surface area contributed by atoms with E-state index in [1.807, 2.05) is 6.08 Å². The van der Waals surface area contributed by atoms with Gasteiger partial charge in [0.15, 0.2) is 0 Å². The monoisotopic (exact) mass is 340 g/mol. The Balaban J connectivity index is 2.77. The zero-order valence-corrected chi connectivity index (χ0v) is 15.4. The third-order valence-corrected chi connectivity index (χ3v) is 5.16. The minimum absolute atomic E-state index is 0.213. The molecule has 0 aromatic rings. The maximum absolute atomic E-state index is 11.0. The standard InChI is InChI=1S/C18H32N2O4/c1-17(2)8-9-18(3,4)14(17)7-6-13(19)16(24-5)20-12(11-21)10-15(22)23/h6-7,11-14,16,20H,8-10,19H2,1-5H3,(H,22,23)/t12-,13?,16?/m1/s1. The van der Waals surface area contributed by atoms with Gasteiger partial charge in [-0.15, -0.1) is 0 Å². The highest BCUT2D eigenvalue weighted by atomic mass is 16.5. The maximum Gasteiger partial charge on any atom is 0.305 e. The van der Waals surface area contributed by atoms with Crippen LogP contribution in [-0.4, -0.2) is 42.8 Å². The molecule has 1 rings (SSSR count). The second kappa shape index (κ2) is 8.23. The Morgan fingerprint density at radius 1 is 1.33 bits per heavy atom. The average Bonchev–Trinajstić information content (AvgIpc) is 2.69. The molecule has 1 aliphatic rings. The molecule has 0 bridgehead atoms. The summed E-state index contributed by atoms with van der Waals surface area (Å²) in [5.41, 5.74) is 6.61. The summed E-state index contributed by atoms with van der Waals surface area (Å²) in [6, 6.07) is -1.30. The van der Waals surface area contributed by atoms with Crippen molar-refractivity contribution in [2.75, 3.05) is 7.11 Å². The van der Waals surface area contributed by atoms with Crippen LogP contribution in [-0.2, 0) is 14.3 Å². The lowest BCUT2D eigenvalue weighted by molar-refractivity contribution is -0.138. The van der Waals surface area contributed by atoms with E-state index < -0.39 is 24.3 Å². The first-order valence-electron chi connectivity index (χ1n) is 8.43. The van der Waals surface area contributed by atoms with E-state index in [0.29, 0.717) is 12.2 Å². The lowest BCUT2D eigenvalue weighted by Crippen LogP contribution is -2.50. The van der Waals surface area contributed by atoms with Crippen LogP contribution in [0.1, 0.15) is 47.0 Å². The molecule has 6 nitrogen and oxygen atoms in total. The molecule has 24 heavy (non-hydrogen) atoms. The van der Waals surface area contributed by atoms with E-state index in [1.165, 1.54) is 20.0 Å². The van der Waals surface area contributed by atoms with E-state index in [1.54, 1.807) is 0 Å². The van der Waals surface area contributed by atoms with Gasteiger partial charge in [-0.3, -0.25) is 10.1 Å². The van der Waals surface area contributed by atoms with Gasteiger partial charge in [0.05, 0.1) is 18.5 Å². The number of aldehydes is 1. The fraction of sp³-hybridized carbons (Fsp3) is 0.778. The predicted octanol–water partition coefficient (Wildman–Crippen LogP) is 1.94. The Morgan fingerprint density at radius 2 is 1.88 bits per heavy atom. The summed E-state index contributed by atoms with van der Waals surface area (Å²) in [5, 5.41) is 11.7. The molecule has 0 radical (unpaired) electrons. The van der Waals surface area contributed by atoms with Crippen LogP contribution in [0, 0.1) is 16.7 Å². The number of carbonyl (C=O) groups is 2. The summed E-state index contributed by atoms with van der Waals surface area (Å²) in [7, 11) is 1.48. The van der Waals surface area contributed by atoms with Gasteiger partial charge in [-0.25, -0.2) is 0 Å². The van der Waals surface area contributed by atoms with Gasteiger partial charge in [0, 0.05) is 7.11 Å². The van der Waals surface area contributed by atoms with E-state index in [0.717, 1.165) is 0 Å². The molecule has 0 aromatic carbocycles. The first-order chi connectivity index (χ1) is 11.0. The van der Waals surface area contributed by atoms with Gasteiger partial charge in [0.1, 0.15) is 12.5 Å². The fourth-order valence-electron chi connectivity index (χ4n) is 3.76. The van der Waals surface area contributed by atoms with Gasteiger partial charge in [-0.1, -0.05) is 39.8 Å². The number of rotatable bonds is 9. The second-order valence-corrected chi connectivity index (χ2v) is 8.08. The molecule has 0 aliphatic heterocycles. The Hall–Kier alpha value is -1.24. The summed E-state index contributed by atoms with van der Waals surface area (Å²) in [6.07, 6.45) is 6.04. The molecule has 0 heterocycles. The summed E-state index contributed by atoms with van der Waals surface area (Å²) < 4.78 is 5.31. The molecule has 2 unspecified atom stereocenters. The smallest absolute Gasteiger partial charge is 0.305 e. The van der Waals surface area contributed by atoms with Crippen LogP contribution in [0.15, 0.2) is 12.2 Å².